The van der Waals surface area contributed by atoms with Crippen molar-refractivity contribution in [1.29, 1.82) is 0 Å². The highest BCUT2D eigenvalue weighted by atomic mass is 19.3. The van der Waals surface area contributed by atoms with Crippen molar-refractivity contribution in [3.8, 4) is 0 Å². The number of alkyl halides is 3. The fourth-order valence-electron chi connectivity index (χ4n) is 4.32. The van der Waals surface area contributed by atoms with Gasteiger partial charge in [-0.2, -0.15) is 0 Å². The molecule has 3 heterocycles. The van der Waals surface area contributed by atoms with Gasteiger partial charge in [-0.25, -0.2) is 27.5 Å². The van der Waals surface area contributed by atoms with Crippen molar-refractivity contribution in [2.45, 2.75) is 57.9 Å². The lowest BCUT2D eigenvalue weighted by atomic mass is 9.93. The van der Waals surface area contributed by atoms with E-state index in [1.807, 2.05) is 0 Å². The topological polar surface area (TPSA) is 70.2 Å². The van der Waals surface area contributed by atoms with Crippen LogP contribution in [0.2, 0.25) is 0 Å². The van der Waals surface area contributed by atoms with Crippen LogP contribution < -0.4 is 10.6 Å². The fourth-order valence-corrected chi connectivity index (χ4v) is 4.32. The highest BCUT2D eigenvalue weighted by Gasteiger charge is 2.44. The lowest BCUT2D eigenvalue weighted by molar-refractivity contribution is -0.146. The zero-order valence-corrected chi connectivity index (χ0v) is 17.9. The van der Waals surface area contributed by atoms with E-state index in [0.717, 1.165) is 6.07 Å². The number of nitrogens with one attached hydrogen (secondary N) is 2. The number of amides is 1. The third-order valence-corrected chi connectivity index (χ3v) is 6.07. The van der Waals surface area contributed by atoms with Crippen LogP contribution in [-0.2, 0) is 17.9 Å². The smallest absolute Gasteiger partial charge is 0.266 e. The van der Waals surface area contributed by atoms with Gasteiger partial charge in [-0.15, -0.1) is 0 Å². The Labute approximate surface area is 183 Å². The summed E-state index contributed by atoms with van der Waals surface area (Å²) < 4.78 is 56.0. The van der Waals surface area contributed by atoms with E-state index in [0.29, 0.717) is 36.0 Å². The highest BCUT2D eigenvalue weighted by molar-refractivity contribution is 5.86. The molecule has 2 aliphatic rings. The molecule has 2 N–H and O–H groups in total. The molecular weight excluding hydrogens is 426 g/mol. The molecule has 0 aliphatic carbocycles. The molecule has 172 valence electrons. The lowest BCUT2D eigenvalue weighted by Crippen LogP contribution is -2.50. The van der Waals surface area contributed by atoms with Gasteiger partial charge in [-0.1, -0.05) is 18.2 Å². The summed E-state index contributed by atoms with van der Waals surface area (Å²) in [6, 6.07) is 3.20. The van der Waals surface area contributed by atoms with Crippen molar-refractivity contribution in [3.05, 3.63) is 52.2 Å². The molecule has 0 radical (unpaired) electrons. The van der Waals surface area contributed by atoms with Gasteiger partial charge < -0.3 is 15.5 Å². The zero-order chi connectivity index (χ0) is 23.0. The number of carbonyl (C=O) groups excluding carboxylic acids is 1. The van der Waals surface area contributed by atoms with Crippen LogP contribution in [-0.4, -0.2) is 39.5 Å². The Morgan fingerprint density at radius 3 is 2.56 bits per heavy atom. The summed E-state index contributed by atoms with van der Waals surface area (Å²) in [5, 5.41) is 6.13. The number of carbonyl (C=O) groups is 1. The number of halogens is 4. The maximum atomic E-state index is 15.2. The minimum atomic E-state index is -2.92. The third kappa shape index (κ3) is 4.15. The van der Waals surface area contributed by atoms with Crippen molar-refractivity contribution in [2.24, 2.45) is 0 Å². The summed E-state index contributed by atoms with van der Waals surface area (Å²) >= 11 is 0. The summed E-state index contributed by atoms with van der Waals surface area (Å²) in [5.41, 5.74) is -1.27. The van der Waals surface area contributed by atoms with Crippen LogP contribution in [0, 0.1) is 12.7 Å². The van der Waals surface area contributed by atoms with Crippen molar-refractivity contribution < 1.29 is 22.4 Å². The Kier molecular flexibility index (Phi) is 6.07. The summed E-state index contributed by atoms with van der Waals surface area (Å²) in [6.07, 6.45) is -2.69. The molecule has 0 saturated carbocycles. The summed E-state index contributed by atoms with van der Waals surface area (Å²) in [7, 11) is 0. The second-order valence-electron chi connectivity index (χ2n) is 8.34. The van der Waals surface area contributed by atoms with Crippen LogP contribution in [0.3, 0.4) is 0 Å². The van der Waals surface area contributed by atoms with Crippen molar-refractivity contribution in [3.63, 3.8) is 0 Å². The molecule has 0 bridgehead atoms. The number of rotatable bonds is 5. The van der Waals surface area contributed by atoms with Gasteiger partial charge in [-0.3, -0.25) is 4.79 Å². The number of aromatic nitrogens is 2. The minimum absolute atomic E-state index is 0.0798. The Balaban J connectivity index is 1.57. The summed E-state index contributed by atoms with van der Waals surface area (Å²) in [4.78, 5) is 23.1. The molecule has 0 spiro atoms. The molecule has 6 nitrogen and oxygen atoms in total. The number of benzene rings is 1. The van der Waals surface area contributed by atoms with E-state index in [4.69, 9.17) is 0 Å². The predicted octanol–water partition coefficient (Wildman–Crippen LogP) is 3.97. The van der Waals surface area contributed by atoms with Gasteiger partial charge in [0.15, 0.2) is 5.67 Å². The average Bonchev–Trinajstić information content (AvgIpc) is 3.17. The fraction of sp³-hybridized carbons (Fsp3) is 0.500. The molecule has 1 unspecified atom stereocenters. The van der Waals surface area contributed by atoms with E-state index >= 15 is 4.39 Å². The molecule has 1 saturated heterocycles. The number of hydrogen-bond acceptors (Lipinski definition) is 5. The van der Waals surface area contributed by atoms with Gasteiger partial charge in [0, 0.05) is 24.0 Å². The van der Waals surface area contributed by atoms with Gasteiger partial charge in [0.25, 0.3) is 12.3 Å². The molecule has 1 amide bonds. The minimum Gasteiger partial charge on any atom is -0.363 e. The first-order chi connectivity index (χ1) is 15.2. The Hall–Kier alpha value is -2.75. The molecule has 1 fully saturated rings. The number of nitrogens with zero attached hydrogens (tertiary/aromatic N) is 3. The van der Waals surface area contributed by atoms with Crippen molar-refractivity contribution in [2.75, 3.05) is 18.4 Å². The van der Waals surface area contributed by atoms with E-state index in [-0.39, 0.29) is 31.5 Å². The van der Waals surface area contributed by atoms with E-state index < -0.39 is 35.4 Å². The van der Waals surface area contributed by atoms with Gasteiger partial charge in [-0.05, 0) is 26.9 Å². The van der Waals surface area contributed by atoms with E-state index in [1.54, 1.807) is 13.8 Å². The zero-order valence-electron chi connectivity index (χ0n) is 17.9. The van der Waals surface area contributed by atoms with Gasteiger partial charge in [0.2, 0.25) is 0 Å². The molecule has 4 rings (SSSR count). The lowest BCUT2D eigenvalue weighted by Gasteiger charge is -2.32. The Morgan fingerprint density at radius 1 is 1.19 bits per heavy atom. The number of anilines is 1. The number of hydrogen-bond donors (Lipinski definition) is 2. The maximum absolute atomic E-state index is 15.2. The van der Waals surface area contributed by atoms with Crippen LogP contribution in [0.15, 0.2) is 18.2 Å². The first-order valence-electron chi connectivity index (χ1n) is 10.6. The molecule has 10 heteroatoms. The first kappa shape index (κ1) is 22.4. The number of piperidine rings is 1. The highest BCUT2D eigenvalue weighted by Crippen LogP contribution is 2.35. The SMILES string of the molecule is Cc1nc2c(c(NC(C)c3cccc(C(F)F)c3F)n1)CN(C(=O)C1(F)CCNCC1)C2. The molecule has 1 atom stereocenters. The van der Waals surface area contributed by atoms with E-state index in [2.05, 4.69) is 20.6 Å². The van der Waals surface area contributed by atoms with Crippen LogP contribution in [0.1, 0.15) is 60.4 Å². The monoisotopic (exact) mass is 451 g/mol. The second kappa shape index (κ2) is 8.65. The number of fused-ring (bicyclic) bond motifs is 1. The maximum Gasteiger partial charge on any atom is 0.266 e. The van der Waals surface area contributed by atoms with Gasteiger partial charge >= 0.3 is 0 Å². The molecule has 2 aromatic rings. The third-order valence-electron chi connectivity index (χ3n) is 6.07. The first-order valence-corrected chi connectivity index (χ1v) is 10.6. The van der Waals surface area contributed by atoms with Crippen LogP contribution in [0.4, 0.5) is 23.4 Å². The predicted molar refractivity (Wildman–Crippen MR) is 110 cm³/mol. The van der Waals surface area contributed by atoms with E-state index in [1.165, 1.54) is 17.0 Å². The van der Waals surface area contributed by atoms with Crippen LogP contribution >= 0.6 is 0 Å². The molecule has 2 aliphatic heterocycles. The normalized spacial score (nSPS) is 18.5. The summed E-state index contributed by atoms with van der Waals surface area (Å²) in [6.45, 7) is 4.49. The average molecular weight is 451 g/mol. The standard InChI is InChI=1S/C22H25F4N5O/c1-12(14-4-3-5-15(18(14)23)19(24)25)28-20-16-10-31(11-17(16)29-13(2)30-20)21(32)22(26)6-8-27-9-7-22/h3-5,12,19,27H,6-11H2,1-2H3,(H,28,29,30). The Morgan fingerprint density at radius 2 is 1.88 bits per heavy atom. The molecule has 1 aromatic carbocycles. The van der Waals surface area contributed by atoms with Crippen LogP contribution in [0.25, 0.3) is 0 Å². The van der Waals surface area contributed by atoms with Crippen molar-refractivity contribution in [1.82, 2.24) is 20.2 Å². The summed E-state index contributed by atoms with van der Waals surface area (Å²) in [5.74, 6) is -0.710. The van der Waals surface area contributed by atoms with Gasteiger partial charge in [0.1, 0.15) is 17.5 Å². The second-order valence-corrected chi connectivity index (χ2v) is 8.34. The van der Waals surface area contributed by atoms with E-state index in [9.17, 15) is 18.0 Å². The molecular formula is C22H25F4N5O. The largest absolute Gasteiger partial charge is 0.363 e. The molecule has 1 aromatic heterocycles. The molecule has 32 heavy (non-hydrogen) atoms. The van der Waals surface area contributed by atoms with Gasteiger partial charge in [0.05, 0.1) is 30.4 Å². The van der Waals surface area contributed by atoms with Crippen molar-refractivity contribution >= 4 is 11.7 Å². The number of aryl methyl sites for hydroxylation is 1. The quantitative estimate of drug-likeness (QED) is 0.674. The van der Waals surface area contributed by atoms with Crippen LogP contribution in [0.5, 0.6) is 0 Å². The Bertz CT molecular complexity index is 1030.